The maximum absolute atomic E-state index is 12.4. The van der Waals surface area contributed by atoms with Crippen LogP contribution in [0.1, 0.15) is 17.9 Å². The van der Waals surface area contributed by atoms with Gasteiger partial charge in [0.15, 0.2) is 12.1 Å². The number of nitrogens with zero attached hydrogens (tertiary/aromatic N) is 1. The summed E-state index contributed by atoms with van der Waals surface area (Å²) in [4.78, 5) is 24.1. The van der Waals surface area contributed by atoms with Gasteiger partial charge in [-0.25, -0.2) is 18.1 Å². The third kappa shape index (κ3) is 4.47. The molecule has 1 aliphatic rings. The molecule has 1 aliphatic carbocycles. The van der Waals surface area contributed by atoms with Crippen molar-refractivity contribution in [2.24, 2.45) is 0 Å². The SMILES string of the molecule is O=C(O)COc1ccccc1C1CC1(C(=O)O)N(c1ccc(-c2ccc(Cl)cc2)s1)S(=O)O. The Hall–Kier alpha value is -2.92. The van der Waals surface area contributed by atoms with E-state index in [1.165, 1.54) is 11.3 Å². The van der Waals surface area contributed by atoms with Crippen molar-refractivity contribution >= 4 is 51.1 Å². The van der Waals surface area contributed by atoms with Crippen LogP contribution in [-0.2, 0) is 20.9 Å². The monoisotopic (exact) mass is 507 g/mol. The van der Waals surface area contributed by atoms with Gasteiger partial charge in [-0.3, -0.25) is 4.55 Å². The van der Waals surface area contributed by atoms with Gasteiger partial charge in [-0.15, -0.1) is 11.3 Å². The smallest absolute Gasteiger partial charge is 0.341 e. The summed E-state index contributed by atoms with van der Waals surface area (Å²) in [5.41, 5.74) is -0.390. The molecule has 1 heterocycles. The van der Waals surface area contributed by atoms with E-state index >= 15 is 0 Å². The van der Waals surface area contributed by atoms with E-state index < -0.39 is 41.3 Å². The number of benzene rings is 2. The molecule has 8 nitrogen and oxygen atoms in total. The predicted molar refractivity (Wildman–Crippen MR) is 125 cm³/mol. The third-order valence-electron chi connectivity index (χ3n) is 5.39. The summed E-state index contributed by atoms with van der Waals surface area (Å²) in [6.07, 6.45) is 0.0518. The summed E-state index contributed by atoms with van der Waals surface area (Å²) in [5.74, 6) is -2.89. The van der Waals surface area contributed by atoms with Gasteiger partial charge in [0.2, 0.25) is 0 Å². The topological polar surface area (TPSA) is 124 Å². The van der Waals surface area contributed by atoms with Gasteiger partial charge in [0.05, 0.1) is 0 Å². The van der Waals surface area contributed by atoms with Crippen LogP contribution in [0.15, 0.2) is 60.7 Å². The van der Waals surface area contributed by atoms with Gasteiger partial charge in [0.25, 0.3) is 11.3 Å². The Morgan fingerprint density at radius 3 is 2.45 bits per heavy atom. The molecule has 3 aromatic rings. The molecule has 0 radical (unpaired) electrons. The van der Waals surface area contributed by atoms with Gasteiger partial charge >= 0.3 is 11.9 Å². The highest BCUT2D eigenvalue weighted by Gasteiger charge is 2.68. The molecule has 1 saturated carbocycles. The predicted octanol–water partition coefficient (Wildman–Crippen LogP) is 4.49. The largest absolute Gasteiger partial charge is 0.482 e. The quantitative estimate of drug-likeness (QED) is 0.364. The average Bonchev–Trinajstić information content (AvgIpc) is 3.33. The minimum Gasteiger partial charge on any atom is -0.482 e. The van der Waals surface area contributed by atoms with Gasteiger partial charge in [0, 0.05) is 21.4 Å². The van der Waals surface area contributed by atoms with Gasteiger partial charge in [-0.05, 0) is 42.3 Å². The minimum absolute atomic E-state index is 0.0518. The summed E-state index contributed by atoms with van der Waals surface area (Å²) in [7, 11) is 0. The standard InChI is InChI=1S/C22H18ClNO7S2/c23-14-7-5-13(6-8-14)18-9-10-19(32-18)24(33(29)30)22(21(27)28)11-16(22)15-3-1-2-4-17(15)31-12-20(25)26/h1-10,16H,11-12H2,(H,25,26)(H,27,28)(H,29,30). The molecule has 0 spiro atoms. The molecule has 0 amide bonds. The molecular formula is C22H18ClNO7S2. The molecule has 0 bridgehead atoms. The summed E-state index contributed by atoms with van der Waals surface area (Å²) in [6.45, 7) is -0.588. The zero-order chi connectivity index (χ0) is 23.8. The van der Waals surface area contributed by atoms with Crippen LogP contribution >= 0.6 is 22.9 Å². The average molecular weight is 508 g/mol. The number of hydrogen-bond acceptors (Lipinski definition) is 5. The van der Waals surface area contributed by atoms with E-state index in [0.717, 1.165) is 14.7 Å². The van der Waals surface area contributed by atoms with Crippen molar-refractivity contribution in [3.05, 3.63) is 71.2 Å². The Labute approximate surface area is 200 Å². The maximum atomic E-state index is 12.4. The van der Waals surface area contributed by atoms with E-state index in [9.17, 15) is 23.5 Å². The highest BCUT2D eigenvalue weighted by Crippen LogP contribution is 2.60. The normalized spacial score (nSPS) is 20.1. The van der Waals surface area contributed by atoms with Gasteiger partial charge in [-0.1, -0.05) is 41.9 Å². The molecule has 4 rings (SSSR count). The highest BCUT2D eigenvalue weighted by molar-refractivity contribution is 7.81. The van der Waals surface area contributed by atoms with Crippen molar-refractivity contribution in [1.29, 1.82) is 0 Å². The lowest BCUT2D eigenvalue weighted by Gasteiger charge is -2.27. The Morgan fingerprint density at radius 2 is 1.82 bits per heavy atom. The van der Waals surface area contributed by atoms with Crippen molar-refractivity contribution < 1.29 is 33.3 Å². The molecule has 3 unspecified atom stereocenters. The first kappa shape index (κ1) is 23.2. The number of carboxylic acids is 2. The van der Waals surface area contributed by atoms with Crippen LogP contribution in [0.5, 0.6) is 5.75 Å². The summed E-state index contributed by atoms with van der Waals surface area (Å²) >= 11 is 4.49. The Morgan fingerprint density at radius 1 is 1.12 bits per heavy atom. The Kier molecular flexibility index (Phi) is 6.44. The van der Waals surface area contributed by atoms with Crippen molar-refractivity contribution in [1.82, 2.24) is 0 Å². The summed E-state index contributed by atoms with van der Waals surface area (Å²) in [6, 6.07) is 16.9. The van der Waals surface area contributed by atoms with Crippen molar-refractivity contribution in [2.45, 2.75) is 17.9 Å². The summed E-state index contributed by atoms with van der Waals surface area (Å²) in [5, 5.41) is 20.0. The van der Waals surface area contributed by atoms with Gasteiger partial charge in [-0.2, -0.15) is 0 Å². The number of carbonyl (C=O) groups is 2. The first-order valence-corrected chi connectivity index (χ1v) is 11.9. The minimum atomic E-state index is -2.63. The molecular weight excluding hydrogens is 490 g/mol. The molecule has 1 aromatic heterocycles. The zero-order valence-corrected chi connectivity index (χ0v) is 19.3. The van der Waals surface area contributed by atoms with Crippen LogP contribution in [0.25, 0.3) is 10.4 Å². The zero-order valence-electron chi connectivity index (χ0n) is 16.9. The number of ether oxygens (including phenoxy) is 1. The molecule has 3 N–H and O–H groups in total. The Bertz CT molecular complexity index is 1230. The molecule has 33 heavy (non-hydrogen) atoms. The van der Waals surface area contributed by atoms with E-state index in [1.807, 2.05) is 0 Å². The number of para-hydroxylation sites is 1. The van der Waals surface area contributed by atoms with Crippen LogP contribution in [0, 0.1) is 0 Å². The molecule has 0 aliphatic heterocycles. The number of anilines is 1. The molecule has 11 heteroatoms. The second-order valence-electron chi connectivity index (χ2n) is 7.38. The van der Waals surface area contributed by atoms with Crippen LogP contribution in [0.2, 0.25) is 5.02 Å². The molecule has 3 atom stereocenters. The third-order valence-corrected chi connectivity index (χ3v) is 7.71. The Balaban J connectivity index is 1.70. The van der Waals surface area contributed by atoms with E-state index in [0.29, 0.717) is 15.6 Å². The van der Waals surface area contributed by atoms with Crippen molar-refractivity contribution in [2.75, 3.05) is 10.9 Å². The summed E-state index contributed by atoms with van der Waals surface area (Å²) < 4.78 is 28.9. The maximum Gasteiger partial charge on any atom is 0.341 e. The fourth-order valence-corrected chi connectivity index (χ4v) is 6.03. The number of aliphatic carboxylic acids is 2. The van der Waals surface area contributed by atoms with Crippen LogP contribution < -0.4 is 9.04 Å². The van der Waals surface area contributed by atoms with E-state index in [4.69, 9.17) is 21.4 Å². The first-order chi connectivity index (χ1) is 15.7. The second-order valence-corrected chi connectivity index (χ2v) is 9.70. The fraction of sp³-hybridized carbons (Fsp3) is 0.182. The lowest BCUT2D eigenvalue weighted by atomic mass is 10.0. The number of thiophene rings is 1. The van der Waals surface area contributed by atoms with Crippen LogP contribution in [0.4, 0.5) is 5.00 Å². The van der Waals surface area contributed by atoms with Crippen LogP contribution in [0.3, 0.4) is 0 Å². The van der Waals surface area contributed by atoms with E-state index in [-0.39, 0.29) is 12.2 Å². The first-order valence-electron chi connectivity index (χ1n) is 9.68. The molecule has 2 aromatic carbocycles. The highest BCUT2D eigenvalue weighted by atomic mass is 35.5. The van der Waals surface area contributed by atoms with E-state index in [2.05, 4.69) is 0 Å². The van der Waals surface area contributed by atoms with Crippen molar-refractivity contribution in [3.63, 3.8) is 0 Å². The number of rotatable bonds is 9. The molecule has 172 valence electrons. The van der Waals surface area contributed by atoms with Crippen molar-refractivity contribution in [3.8, 4) is 16.2 Å². The number of hydrogen-bond donors (Lipinski definition) is 3. The second kappa shape index (κ2) is 9.14. The number of carboxylic acid groups (broad SMARTS) is 2. The van der Waals surface area contributed by atoms with Gasteiger partial charge in [0.1, 0.15) is 10.8 Å². The molecule has 1 fully saturated rings. The fourth-order valence-electron chi connectivity index (χ4n) is 3.83. The van der Waals surface area contributed by atoms with E-state index in [1.54, 1.807) is 60.7 Å². The lowest BCUT2D eigenvalue weighted by molar-refractivity contribution is -0.140. The van der Waals surface area contributed by atoms with Gasteiger partial charge < -0.3 is 14.9 Å². The number of halogens is 1. The van der Waals surface area contributed by atoms with Crippen LogP contribution in [-0.4, -0.2) is 43.1 Å². The lowest BCUT2D eigenvalue weighted by Crippen LogP contribution is -2.45. The molecule has 0 saturated heterocycles.